The molecule has 100 valence electrons. The van der Waals surface area contributed by atoms with E-state index in [9.17, 15) is 0 Å². The lowest BCUT2D eigenvalue weighted by molar-refractivity contribution is -0.0277. The van der Waals surface area contributed by atoms with Gasteiger partial charge in [-0.2, -0.15) is 0 Å². The highest BCUT2D eigenvalue weighted by Crippen LogP contribution is 2.30. The first kappa shape index (κ1) is 13.8. The molecule has 4 heteroatoms. The van der Waals surface area contributed by atoms with Gasteiger partial charge in [-0.3, -0.25) is 0 Å². The summed E-state index contributed by atoms with van der Waals surface area (Å²) in [5.41, 5.74) is 8.03. The van der Waals surface area contributed by atoms with Crippen LogP contribution in [0.5, 0.6) is 0 Å². The molecule has 2 N–H and O–H groups in total. The summed E-state index contributed by atoms with van der Waals surface area (Å²) in [6.07, 6.45) is 0.924. The normalized spacial score (nSPS) is 19.0. The predicted molar refractivity (Wildman–Crippen MR) is 79.1 cm³/mol. The van der Waals surface area contributed by atoms with Crippen molar-refractivity contribution in [2.75, 3.05) is 31.1 Å². The van der Waals surface area contributed by atoms with Crippen LogP contribution in [0.25, 0.3) is 0 Å². The second-order valence-corrected chi connectivity index (χ2v) is 6.21. The van der Waals surface area contributed by atoms with E-state index in [0.717, 1.165) is 30.6 Å². The van der Waals surface area contributed by atoms with E-state index in [2.05, 4.69) is 52.9 Å². The monoisotopic (exact) mass is 312 g/mol. The quantitative estimate of drug-likeness (QED) is 0.932. The number of benzene rings is 1. The Morgan fingerprint density at radius 1 is 1.44 bits per heavy atom. The van der Waals surface area contributed by atoms with Gasteiger partial charge >= 0.3 is 0 Å². The Bertz CT molecular complexity index is 420. The number of morpholine rings is 1. The van der Waals surface area contributed by atoms with Crippen LogP contribution in [-0.4, -0.2) is 31.8 Å². The van der Waals surface area contributed by atoms with Gasteiger partial charge < -0.3 is 15.4 Å². The summed E-state index contributed by atoms with van der Waals surface area (Å²) in [7, 11) is 0. The number of ether oxygens (including phenoxy) is 1. The molecule has 2 rings (SSSR count). The molecule has 1 aromatic carbocycles. The van der Waals surface area contributed by atoms with Crippen LogP contribution in [-0.2, 0) is 11.2 Å². The topological polar surface area (TPSA) is 38.5 Å². The second kappa shape index (κ2) is 5.59. The Morgan fingerprint density at radius 3 is 2.83 bits per heavy atom. The molecule has 1 aliphatic rings. The lowest BCUT2D eigenvalue weighted by Crippen LogP contribution is -2.48. The molecule has 0 saturated carbocycles. The molecule has 1 heterocycles. The zero-order chi connectivity index (χ0) is 13.2. The lowest BCUT2D eigenvalue weighted by Gasteiger charge is -2.39. The number of halogens is 1. The van der Waals surface area contributed by atoms with Crippen LogP contribution in [0, 0.1) is 0 Å². The highest BCUT2D eigenvalue weighted by atomic mass is 79.9. The van der Waals surface area contributed by atoms with E-state index in [0.29, 0.717) is 6.54 Å². The van der Waals surface area contributed by atoms with Crippen LogP contribution in [0.4, 0.5) is 5.69 Å². The van der Waals surface area contributed by atoms with Gasteiger partial charge in [-0.05, 0) is 60.4 Å². The third-order valence-corrected chi connectivity index (χ3v) is 3.85. The zero-order valence-electron chi connectivity index (χ0n) is 11.1. The molecule has 0 radical (unpaired) electrons. The Labute approximate surface area is 117 Å². The lowest BCUT2D eigenvalue weighted by atomic mass is 10.1. The van der Waals surface area contributed by atoms with Crippen LogP contribution >= 0.6 is 15.9 Å². The summed E-state index contributed by atoms with van der Waals surface area (Å²) in [5, 5.41) is 0. The van der Waals surface area contributed by atoms with E-state index in [1.807, 2.05) is 0 Å². The van der Waals surface area contributed by atoms with Gasteiger partial charge in [-0.25, -0.2) is 0 Å². The Morgan fingerprint density at radius 2 is 2.22 bits per heavy atom. The molecule has 0 bridgehead atoms. The number of hydrogen-bond acceptors (Lipinski definition) is 3. The van der Waals surface area contributed by atoms with Gasteiger partial charge in [0, 0.05) is 17.6 Å². The molecule has 1 aliphatic heterocycles. The average Bonchev–Trinajstić information content (AvgIpc) is 2.28. The van der Waals surface area contributed by atoms with Crippen molar-refractivity contribution in [3.63, 3.8) is 0 Å². The third-order valence-electron chi connectivity index (χ3n) is 3.21. The van der Waals surface area contributed by atoms with E-state index < -0.39 is 0 Å². The van der Waals surface area contributed by atoms with Gasteiger partial charge in [0.25, 0.3) is 0 Å². The maximum atomic E-state index is 5.75. The van der Waals surface area contributed by atoms with Crippen molar-refractivity contribution in [1.29, 1.82) is 0 Å². The van der Waals surface area contributed by atoms with Crippen molar-refractivity contribution < 1.29 is 4.74 Å². The predicted octanol–water partition coefficient (Wildman–Crippen LogP) is 2.57. The molecular formula is C14H21BrN2O. The number of nitrogens with two attached hydrogens (primary N) is 1. The average molecular weight is 313 g/mol. The molecule has 1 aromatic rings. The van der Waals surface area contributed by atoms with Gasteiger partial charge in [0.05, 0.1) is 17.9 Å². The Balaban J connectivity index is 2.18. The maximum Gasteiger partial charge on any atom is 0.0801 e. The van der Waals surface area contributed by atoms with Gasteiger partial charge in [0.2, 0.25) is 0 Å². The SMILES string of the molecule is CC1(C)CN(c2ccc(CCN)cc2Br)CCO1. The molecule has 1 saturated heterocycles. The maximum absolute atomic E-state index is 5.75. The molecule has 0 aliphatic carbocycles. The number of hydrogen-bond donors (Lipinski definition) is 1. The van der Waals surface area contributed by atoms with Crippen molar-refractivity contribution in [1.82, 2.24) is 0 Å². The minimum atomic E-state index is -0.0758. The second-order valence-electron chi connectivity index (χ2n) is 5.35. The molecular weight excluding hydrogens is 292 g/mol. The minimum absolute atomic E-state index is 0.0758. The molecule has 1 fully saturated rings. The highest BCUT2D eigenvalue weighted by Gasteiger charge is 2.28. The largest absolute Gasteiger partial charge is 0.372 e. The van der Waals surface area contributed by atoms with E-state index >= 15 is 0 Å². The van der Waals surface area contributed by atoms with Crippen LogP contribution in [0.15, 0.2) is 22.7 Å². The fraction of sp³-hybridized carbons (Fsp3) is 0.571. The van der Waals surface area contributed by atoms with E-state index in [1.165, 1.54) is 11.3 Å². The van der Waals surface area contributed by atoms with Crippen molar-refractivity contribution >= 4 is 21.6 Å². The molecule has 0 unspecified atom stereocenters. The first-order valence-electron chi connectivity index (χ1n) is 6.39. The van der Waals surface area contributed by atoms with Crippen molar-refractivity contribution in [3.05, 3.63) is 28.2 Å². The summed E-state index contributed by atoms with van der Waals surface area (Å²) >= 11 is 3.67. The Kier molecular flexibility index (Phi) is 4.30. The van der Waals surface area contributed by atoms with Gasteiger partial charge in [-0.1, -0.05) is 6.07 Å². The fourth-order valence-corrected chi connectivity index (χ4v) is 3.03. The van der Waals surface area contributed by atoms with Gasteiger partial charge in [-0.15, -0.1) is 0 Å². The molecule has 3 nitrogen and oxygen atoms in total. The smallest absolute Gasteiger partial charge is 0.0801 e. The third kappa shape index (κ3) is 3.25. The highest BCUT2D eigenvalue weighted by molar-refractivity contribution is 9.10. The summed E-state index contributed by atoms with van der Waals surface area (Å²) in [5.74, 6) is 0. The molecule has 0 spiro atoms. The molecule has 0 amide bonds. The van der Waals surface area contributed by atoms with Crippen LogP contribution in [0.2, 0.25) is 0 Å². The summed E-state index contributed by atoms with van der Waals surface area (Å²) in [6.45, 7) is 7.60. The Hall–Kier alpha value is -0.580. The van der Waals surface area contributed by atoms with E-state index in [1.54, 1.807) is 0 Å². The number of nitrogens with zero attached hydrogens (tertiary/aromatic N) is 1. The fourth-order valence-electron chi connectivity index (χ4n) is 2.35. The van der Waals surface area contributed by atoms with Crippen molar-refractivity contribution in [3.8, 4) is 0 Å². The number of anilines is 1. The summed E-state index contributed by atoms with van der Waals surface area (Å²) in [6, 6.07) is 6.51. The standard InChI is InChI=1S/C14H21BrN2O/c1-14(2)10-17(7-8-18-14)13-4-3-11(5-6-16)9-12(13)15/h3-4,9H,5-8,10,16H2,1-2H3. The van der Waals surface area contributed by atoms with Gasteiger partial charge in [0.15, 0.2) is 0 Å². The van der Waals surface area contributed by atoms with Crippen molar-refractivity contribution in [2.45, 2.75) is 25.9 Å². The van der Waals surface area contributed by atoms with E-state index in [4.69, 9.17) is 10.5 Å². The van der Waals surface area contributed by atoms with Crippen LogP contribution in [0.1, 0.15) is 19.4 Å². The first-order valence-corrected chi connectivity index (χ1v) is 7.18. The van der Waals surface area contributed by atoms with Crippen molar-refractivity contribution in [2.24, 2.45) is 5.73 Å². The summed E-state index contributed by atoms with van der Waals surface area (Å²) in [4.78, 5) is 2.37. The molecule has 18 heavy (non-hydrogen) atoms. The summed E-state index contributed by atoms with van der Waals surface area (Å²) < 4.78 is 6.89. The minimum Gasteiger partial charge on any atom is -0.372 e. The molecule has 0 aromatic heterocycles. The zero-order valence-corrected chi connectivity index (χ0v) is 12.7. The van der Waals surface area contributed by atoms with Crippen LogP contribution in [0.3, 0.4) is 0 Å². The van der Waals surface area contributed by atoms with E-state index in [-0.39, 0.29) is 5.60 Å². The van der Waals surface area contributed by atoms with Crippen LogP contribution < -0.4 is 10.6 Å². The first-order chi connectivity index (χ1) is 8.52. The molecule has 0 atom stereocenters. The van der Waals surface area contributed by atoms with Gasteiger partial charge in [0.1, 0.15) is 0 Å². The number of rotatable bonds is 3.